The van der Waals surface area contributed by atoms with Crippen LogP contribution in [0.25, 0.3) is 11.1 Å². The van der Waals surface area contributed by atoms with Gasteiger partial charge >= 0.3 is 12.1 Å². The SMILES string of the molecule is Cc1ccc([N+](=O)[O-])c2c1N(C(=O)OCC1c3ccccc3-c3ccccc31)[C@@H](C(=O)O)[C@H]1CC=C[C@@H]21. The second-order valence-corrected chi connectivity index (χ2v) is 9.73. The summed E-state index contributed by atoms with van der Waals surface area (Å²) in [6.07, 6.45) is 3.24. The van der Waals surface area contributed by atoms with E-state index in [1.165, 1.54) is 6.07 Å². The lowest BCUT2D eigenvalue weighted by atomic mass is 9.76. The molecule has 3 aromatic carbocycles. The molecule has 3 aliphatic rings. The molecular weight excluding hydrogens is 472 g/mol. The average Bonchev–Trinajstić information content (AvgIpc) is 3.49. The number of carbonyl (C=O) groups is 2. The van der Waals surface area contributed by atoms with Gasteiger partial charge in [-0.15, -0.1) is 0 Å². The van der Waals surface area contributed by atoms with Crippen LogP contribution in [0.1, 0.15) is 40.5 Å². The molecule has 0 unspecified atom stereocenters. The van der Waals surface area contributed by atoms with Crippen LogP contribution >= 0.6 is 0 Å². The van der Waals surface area contributed by atoms with Crippen molar-refractivity contribution in [2.45, 2.75) is 31.2 Å². The molecule has 0 fully saturated rings. The van der Waals surface area contributed by atoms with Crippen molar-refractivity contribution in [3.8, 4) is 11.1 Å². The van der Waals surface area contributed by atoms with Gasteiger partial charge in [-0.2, -0.15) is 0 Å². The van der Waals surface area contributed by atoms with Crippen molar-refractivity contribution in [1.29, 1.82) is 0 Å². The van der Waals surface area contributed by atoms with Gasteiger partial charge in [-0.3, -0.25) is 15.0 Å². The highest BCUT2D eigenvalue weighted by Crippen LogP contribution is 2.52. The van der Waals surface area contributed by atoms with E-state index in [-0.39, 0.29) is 23.9 Å². The van der Waals surface area contributed by atoms with Crippen LogP contribution in [0.3, 0.4) is 0 Å². The number of aliphatic carboxylic acids is 1. The van der Waals surface area contributed by atoms with Crippen molar-refractivity contribution < 1.29 is 24.4 Å². The van der Waals surface area contributed by atoms with E-state index < -0.39 is 34.9 Å². The van der Waals surface area contributed by atoms with Crippen LogP contribution < -0.4 is 4.90 Å². The summed E-state index contributed by atoms with van der Waals surface area (Å²) >= 11 is 0. The lowest BCUT2D eigenvalue weighted by Crippen LogP contribution is -2.54. The van der Waals surface area contributed by atoms with E-state index in [1.54, 1.807) is 13.0 Å². The molecule has 3 aromatic rings. The van der Waals surface area contributed by atoms with Crippen LogP contribution in [0.15, 0.2) is 72.8 Å². The molecule has 0 saturated carbocycles. The molecule has 1 amide bonds. The third kappa shape index (κ3) is 3.43. The summed E-state index contributed by atoms with van der Waals surface area (Å²) < 4.78 is 5.85. The molecule has 1 N–H and O–H groups in total. The summed E-state index contributed by atoms with van der Waals surface area (Å²) in [5.41, 5.74) is 5.33. The molecule has 0 bridgehead atoms. The minimum atomic E-state index is -1.20. The van der Waals surface area contributed by atoms with Crippen molar-refractivity contribution >= 4 is 23.4 Å². The fraction of sp³-hybridized carbons (Fsp3) is 0.241. The van der Waals surface area contributed by atoms with E-state index in [0.29, 0.717) is 17.5 Å². The third-order valence-electron chi connectivity index (χ3n) is 7.85. The van der Waals surface area contributed by atoms with Crippen LogP contribution in [0, 0.1) is 23.0 Å². The number of fused-ring (bicyclic) bond motifs is 6. The number of benzene rings is 3. The lowest BCUT2D eigenvalue weighted by Gasteiger charge is -2.41. The molecular formula is C29H24N2O6. The molecule has 186 valence electrons. The van der Waals surface area contributed by atoms with Gasteiger partial charge in [0.15, 0.2) is 0 Å². The number of carboxylic acids is 1. The Bertz CT molecular complexity index is 1450. The normalized spacial score (nSPS) is 21.1. The first kappa shape index (κ1) is 23.0. The molecule has 0 spiro atoms. The van der Waals surface area contributed by atoms with E-state index in [4.69, 9.17) is 4.74 Å². The molecule has 37 heavy (non-hydrogen) atoms. The fourth-order valence-electron chi connectivity index (χ4n) is 6.31. The Labute approximate surface area is 212 Å². The zero-order valence-electron chi connectivity index (χ0n) is 20.0. The summed E-state index contributed by atoms with van der Waals surface area (Å²) in [7, 11) is 0. The number of anilines is 1. The van der Waals surface area contributed by atoms with Gasteiger partial charge in [-0.05, 0) is 41.2 Å². The van der Waals surface area contributed by atoms with Crippen LogP contribution in [0.4, 0.5) is 16.2 Å². The van der Waals surface area contributed by atoms with Gasteiger partial charge in [0.05, 0.1) is 16.2 Å². The smallest absolute Gasteiger partial charge is 0.415 e. The van der Waals surface area contributed by atoms with E-state index in [1.807, 2.05) is 60.7 Å². The first-order valence-electron chi connectivity index (χ1n) is 12.2. The number of hydrogen-bond donors (Lipinski definition) is 1. The summed E-state index contributed by atoms with van der Waals surface area (Å²) in [6.45, 7) is 1.75. The number of nitro benzene ring substituents is 1. The Kier molecular flexibility index (Phi) is 5.33. The Morgan fingerprint density at radius 1 is 1.05 bits per heavy atom. The van der Waals surface area contributed by atoms with Gasteiger partial charge in [0.25, 0.3) is 5.69 Å². The second-order valence-electron chi connectivity index (χ2n) is 9.73. The molecule has 2 aliphatic carbocycles. The van der Waals surface area contributed by atoms with Crippen LogP contribution in [0.5, 0.6) is 0 Å². The summed E-state index contributed by atoms with van der Waals surface area (Å²) in [5, 5.41) is 22.2. The Morgan fingerprint density at radius 2 is 1.70 bits per heavy atom. The number of nitrogens with zero attached hydrogens (tertiary/aromatic N) is 2. The molecule has 1 heterocycles. The molecule has 3 atom stereocenters. The van der Waals surface area contributed by atoms with E-state index >= 15 is 0 Å². The predicted molar refractivity (Wildman–Crippen MR) is 137 cm³/mol. The standard InChI is InChI=1S/C29H24N2O6/c1-16-13-14-24(31(35)36)25-21-11-6-12-22(21)27(28(32)33)30(26(16)25)29(34)37-15-23-19-9-4-2-7-17(19)18-8-3-5-10-20(18)23/h2-11,13-14,21-23,27H,12,15H2,1H3,(H,32,33)/t21-,22+,27-/m1/s1. The number of carboxylic acid groups (broad SMARTS) is 1. The number of rotatable bonds is 4. The van der Waals surface area contributed by atoms with Crippen molar-refractivity contribution in [2.75, 3.05) is 11.5 Å². The summed E-state index contributed by atoms with van der Waals surface area (Å²) in [6, 6.07) is 17.7. The largest absolute Gasteiger partial charge is 0.480 e. The number of amides is 1. The Balaban J connectivity index is 1.40. The van der Waals surface area contributed by atoms with Crippen LogP contribution in [0.2, 0.25) is 0 Å². The lowest BCUT2D eigenvalue weighted by molar-refractivity contribution is -0.385. The molecule has 6 rings (SSSR count). The van der Waals surface area contributed by atoms with Crippen molar-refractivity contribution in [3.05, 3.63) is 105 Å². The van der Waals surface area contributed by atoms with Crippen LogP contribution in [-0.2, 0) is 9.53 Å². The van der Waals surface area contributed by atoms with Crippen molar-refractivity contribution in [3.63, 3.8) is 0 Å². The number of hydrogen-bond acceptors (Lipinski definition) is 5. The molecule has 8 nitrogen and oxygen atoms in total. The molecule has 0 radical (unpaired) electrons. The highest BCUT2D eigenvalue weighted by molar-refractivity contribution is 5.99. The molecule has 0 saturated heterocycles. The van der Waals surface area contributed by atoms with Gasteiger partial charge in [0.1, 0.15) is 12.6 Å². The van der Waals surface area contributed by atoms with Crippen LogP contribution in [-0.4, -0.2) is 34.7 Å². The highest BCUT2D eigenvalue weighted by atomic mass is 16.6. The van der Waals surface area contributed by atoms with Gasteiger partial charge in [-0.25, -0.2) is 9.59 Å². The zero-order valence-corrected chi connectivity index (χ0v) is 20.0. The first-order chi connectivity index (χ1) is 17.9. The van der Waals surface area contributed by atoms with Gasteiger partial charge in [0, 0.05) is 23.8 Å². The van der Waals surface area contributed by atoms with Crippen molar-refractivity contribution in [1.82, 2.24) is 0 Å². The first-order valence-corrected chi connectivity index (χ1v) is 12.2. The topological polar surface area (TPSA) is 110 Å². The predicted octanol–water partition coefficient (Wildman–Crippen LogP) is 5.79. The van der Waals surface area contributed by atoms with E-state index in [9.17, 15) is 24.8 Å². The third-order valence-corrected chi connectivity index (χ3v) is 7.85. The molecule has 1 aliphatic heterocycles. The van der Waals surface area contributed by atoms with E-state index in [2.05, 4.69) is 0 Å². The maximum absolute atomic E-state index is 13.7. The monoisotopic (exact) mass is 496 g/mol. The Morgan fingerprint density at radius 3 is 2.32 bits per heavy atom. The summed E-state index contributed by atoms with van der Waals surface area (Å²) in [5.74, 6) is -2.35. The maximum atomic E-state index is 13.7. The summed E-state index contributed by atoms with van der Waals surface area (Å²) in [4.78, 5) is 38.9. The highest BCUT2D eigenvalue weighted by Gasteiger charge is 2.51. The molecule has 0 aromatic heterocycles. The number of allylic oxidation sites excluding steroid dienone is 2. The quantitative estimate of drug-likeness (QED) is 0.278. The molecule has 8 heteroatoms. The fourth-order valence-corrected chi connectivity index (χ4v) is 6.31. The van der Waals surface area contributed by atoms with Gasteiger partial charge in [0.2, 0.25) is 0 Å². The van der Waals surface area contributed by atoms with Crippen molar-refractivity contribution in [2.24, 2.45) is 5.92 Å². The maximum Gasteiger partial charge on any atom is 0.415 e. The zero-order chi connectivity index (χ0) is 25.8. The average molecular weight is 497 g/mol. The Hall–Kier alpha value is -4.46. The number of ether oxygens (including phenoxy) is 1. The second kappa shape index (κ2) is 8.58. The van der Waals surface area contributed by atoms with Gasteiger partial charge < -0.3 is 9.84 Å². The van der Waals surface area contributed by atoms with Gasteiger partial charge in [-0.1, -0.05) is 66.7 Å². The van der Waals surface area contributed by atoms with E-state index in [0.717, 1.165) is 27.2 Å². The number of aryl methyl sites for hydroxylation is 1. The number of carbonyl (C=O) groups excluding carboxylic acids is 1. The minimum Gasteiger partial charge on any atom is -0.480 e. The number of nitro groups is 1. The minimum absolute atomic E-state index is 0.0192.